The number of likely N-dealkylation sites (tertiary alicyclic amines) is 1. The molecule has 2 saturated heterocycles. The summed E-state index contributed by atoms with van der Waals surface area (Å²) in [5, 5.41) is 10.9. The average Bonchev–Trinajstić information content (AvgIpc) is 3.64. The molecule has 2 N–H and O–H groups in total. The number of nitrogens with one attached hydrogen (secondary N) is 2. The molecule has 0 bridgehead atoms. The molecule has 0 radical (unpaired) electrons. The summed E-state index contributed by atoms with van der Waals surface area (Å²) in [6.45, 7) is 6.88. The van der Waals surface area contributed by atoms with Crippen LogP contribution in [0.2, 0.25) is 0 Å². The molecule has 0 aliphatic carbocycles. The Morgan fingerprint density at radius 1 is 1.00 bits per heavy atom. The van der Waals surface area contributed by atoms with Gasteiger partial charge in [0.2, 0.25) is 0 Å². The molecule has 202 valence electrons. The number of piperidine rings is 1. The summed E-state index contributed by atoms with van der Waals surface area (Å²) in [4.78, 5) is 22.4. The van der Waals surface area contributed by atoms with E-state index >= 15 is 4.39 Å². The number of pyridine rings is 1. The van der Waals surface area contributed by atoms with Gasteiger partial charge in [-0.05, 0) is 104 Å². The number of carbonyl (C=O) groups excluding carboxylic acids is 1. The van der Waals surface area contributed by atoms with Gasteiger partial charge in [-0.3, -0.25) is 14.8 Å². The summed E-state index contributed by atoms with van der Waals surface area (Å²) in [5.74, 6) is 0.453. The first-order valence-electron chi connectivity index (χ1n) is 14.1. The molecule has 6 rings (SSSR count). The van der Waals surface area contributed by atoms with Crippen LogP contribution in [0.25, 0.3) is 22.0 Å². The summed E-state index contributed by atoms with van der Waals surface area (Å²) in [5.41, 5.74) is 5.11. The maximum Gasteiger partial charge on any atom is 0.276 e. The Hall–Kier alpha value is -3.78. The zero-order chi connectivity index (χ0) is 26.8. The van der Waals surface area contributed by atoms with Crippen LogP contribution in [0, 0.1) is 5.82 Å². The summed E-state index contributed by atoms with van der Waals surface area (Å²) in [6.07, 6.45) is 8.31. The summed E-state index contributed by atoms with van der Waals surface area (Å²) in [7, 11) is 0. The maximum atomic E-state index is 15.3. The predicted molar refractivity (Wildman–Crippen MR) is 154 cm³/mol. The zero-order valence-corrected chi connectivity index (χ0v) is 22.5. The number of aromatic nitrogens is 3. The molecule has 0 saturated carbocycles. The van der Waals surface area contributed by atoms with Crippen molar-refractivity contribution in [2.24, 2.45) is 0 Å². The minimum absolute atomic E-state index is 0.169. The molecule has 4 aromatic rings. The number of halogens is 1. The van der Waals surface area contributed by atoms with Gasteiger partial charge in [0.15, 0.2) is 5.69 Å². The molecule has 0 spiro atoms. The largest absolute Gasteiger partial charge is 0.357 e. The molecule has 2 aliphatic rings. The second kappa shape index (κ2) is 11.1. The van der Waals surface area contributed by atoms with Crippen LogP contribution < -0.4 is 10.2 Å². The van der Waals surface area contributed by atoms with Crippen molar-refractivity contribution in [1.82, 2.24) is 20.1 Å². The molecule has 39 heavy (non-hydrogen) atoms. The van der Waals surface area contributed by atoms with Crippen LogP contribution in [0.15, 0.2) is 48.7 Å². The summed E-state index contributed by atoms with van der Waals surface area (Å²) < 4.78 is 15.3. The van der Waals surface area contributed by atoms with Gasteiger partial charge in [-0.25, -0.2) is 9.37 Å². The molecule has 7 nitrogen and oxygen atoms in total. The summed E-state index contributed by atoms with van der Waals surface area (Å²) in [6, 6.07) is 13.5. The number of hydrogen-bond acceptors (Lipinski definition) is 5. The monoisotopic (exact) mass is 526 g/mol. The van der Waals surface area contributed by atoms with E-state index in [0.29, 0.717) is 28.8 Å². The van der Waals surface area contributed by atoms with Crippen molar-refractivity contribution in [3.8, 4) is 11.1 Å². The van der Waals surface area contributed by atoms with Gasteiger partial charge in [-0.2, -0.15) is 5.10 Å². The lowest BCUT2D eigenvalue weighted by atomic mass is 9.94. The molecule has 0 unspecified atom stereocenters. The van der Waals surface area contributed by atoms with Gasteiger partial charge < -0.3 is 10.2 Å². The summed E-state index contributed by atoms with van der Waals surface area (Å²) >= 11 is 0. The van der Waals surface area contributed by atoms with E-state index in [1.54, 1.807) is 12.3 Å². The molecular formula is C31H35FN6O. The lowest BCUT2D eigenvalue weighted by molar-refractivity contribution is 0.102. The maximum absolute atomic E-state index is 15.3. The fourth-order valence-electron chi connectivity index (χ4n) is 5.91. The van der Waals surface area contributed by atoms with Gasteiger partial charge in [0.1, 0.15) is 11.6 Å². The van der Waals surface area contributed by atoms with Gasteiger partial charge >= 0.3 is 0 Å². The van der Waals surface area contributed by atoms with Crippen LogP contribution in [-0.4, -0.2) is 52.2 Å². The van der Waals surface area contributed by atoms with Crippen molar-refractivity contribution in [2.45, 2.75) is 52.0 Å². The third-order valence-electron chi connectivity index (χ3n) is 7.99. The van der Waals surface area contributed by atoms with E-state index in [-0.39, 0.29) is 11.7 Å². The standard InChI is InChI=1S/C31H35FN6O/c1-2-24-25(16-21(17-27(24)32)20-37-12-4-3-5-13-37)22-8-10-28-26(18-22)30(36-35-28)31(39)34-23-9-11-29(33-19-23)38-14-6-7-15-38/h8-11,16-19H,2-7,12-15,20H2,1H3,(H,34,39)(H,35,36). The first kappa shape index (κ1) is 25.5. The second-order valence-electron chi connectivity index (χ2n) is 10.7. The van der Waals surface area contributed by atoms with E-state index in [2.05, 4.69) is 36.4 Å². The second-order valence-corrected chi connectivity index (χ2v) is 10.7. The van der Waals surface area contributed by atoms with E-state index in [9.17, 15) is 4.79 Å². The van der Waals surface area contributed by atoms with Crippen molar-refractivity contribution in [3.05, 3.63) is 71.3 Å². The van der Waals surface area contributed by atoms with Crippen LogP contribution >= 0.6 is 0 Å². The van der Waals surface area contributed by atoms with E-state index in [1.807, 2.05) is 37.3 Å². The molecule has 2 aliphatic heterocycles. The van der Waals surface area contributed by atoms with Crippen LogP contribution in [-0.2, 0) is 13.0 Å². The quantitative estimate of drug-likeness (QED) is 0.301. The number of aromatic amines is 1. The third-order valence-corrected chi connectivity index (χ3v) is 7.99. The van der Waals surface area contributed by atoms with E-state index < -0.39 is 0 Å². The Bertz CT molecular complexity index is 1470. The topological polar surface area (TPSA) is 77.2 Å². The fourth-order valence-corrected chi connectivity index (χ4v) is 5.91. The highest BCUT2D eigenvalue weighted by atomic mass is 19.1. The van der Waals surface area contributed by atoms with Gasteiger partial charge in [0.25, 0.3) is 5.91 Å². The average molecular weight is 527 g/mol. The Balaban J connectivity index is 1.27. The van der Waals surface area contributed by atoms with Crippen molar-refractivity contribution in [3.63, 3.8) is 0 Å². The highest BCUT2D eigenvalue weighted by molar-refractivity contribution is 6.11. The molecule has 4 heterocycles. The third kappa shape index (κ3) is 5.39. The minimum Gasteiger partial charge on any atom is -0.357 e. The number of fused-ring (bicyclic) bond motifs is 1. The number of hydrogen-bond donors (Lipinski definition) is 2. The highest BCUT2D eigenvalue weighted by Crippen LogP contribution is 2.32. The van der Waals surface area contributed by atoms with E-state index in [4.69, 9.17) is 0 Å². The number of anilines is 2. The number of carbonyl (C=O) groups is 1. The van der Waals surface area contributed by atoms with Gasteiger partial charge in [0.05, 0.1) is 17.4 Å². The van der Waals surface area contributed by atoms with Crippen LogP contribution in [0.3, 0.4) is 0 Å². The van der Waals surface area contributed by atoms with Crippen molar-refractivity contribution in [2.75, 3.05) is 36.4 Å². The lowest BCUT2D eigenvalue weighted by Crippen LogP contribution is -2.29. The van der Waals surface area contributed by atoms with Gasteiger partial charge in [0, 0.05) is 25.0 Å². The molecule has 1 amide bonds. The van der Waals surface area contributed by atoms with Crippen molar-refractivity contribution < 1.29 is 9.18 Å². The molecule has 2 aromatic heterocycles. The smallest absolute Gasteiger partial charge is 0.276 e. The van der Waals surface area contributed by atoms with Crippen LogP contribution in [0.5, 0.6) is 0 Å². The molecular weight excluding hydrogens is 491 g/mol. The van der Waals surface area contributed by atoms with Crippen LogP contribution in [0.4, 0.5) is 15.9 Å². The first-order valence-corrected chi connectivity index (χ1v) is 14.1. The fraction of sp³-hybridized carbons (Fsp3) is 0.387. The highest BCUT2D eigenvalue weighted by Gasteiger charge is 2.19. The molecule has 8 heteroatoms. The minimum atomic E-state index is -0.310. The first-order chi connectivity index (χ1) is 19.1. The number of H-pyrrole nitrogens is 1. The SMILES string of the molecule is CCc1c(F)cc(CN2CCCCC2)cc1-c1ccc2[nH]nc(C(=O)Nc3ccc(N4CCCC4)nc3)c2c1. The molecule has 2 fully saturated rings. The van der Waals surface area contributed by atoms with Gasteiger partial charge in [-0.15, -0.1) is 0 Å². The van der Waals surface area contributed by atoms with Gasteiger partial charge in [-0.1, -0.05) is 19.4 Å². The zero-order valence-electron chi connectivity index (χ0n) is 22.5. The Labute approximate surface area is 228 Å². The molecule has 0 atom stereocenters. The lowest BCUT2D eigenvalue weighted by Gasteiger charge is -2.27. The Kier molecular flexibility index (Phi) is 7.28. The van der Waals surface area contributed by atoms with E-state index in [0.717, 1.165) is 60.7 Å². The van der Waals surface area contributed by atoms with Crippen molar-refractivity contribution in [1.29, 1.82) is 0 Å². The van der Waals surface area contributed by atoms with E-state index in [1.165, 1.54) is 32.1 Å². The number of amides is 1. The Morgan fingerprint density at radius 3 is 2.54 bits per heavy atom. The van der Waals surface area contributed by atoms with Crippen LogP contribution in [0.1, 0.15) is 60.6 Å². The number of rotatable bonds is 7. The normalized spacial score (nSPS) is 16.2. The predicted octanol–water partition coefficient (Wildman–Crippen LogP) is 6.16. The number of benzene rings is 2. The van der Waals surface area contributed by atoms with Crippen molar-refractivity contribution >= 4 is 28.3 Å². The number of nitrogens with zero attached hydrogens (tertiary/aromatic N) is 4. The Morgan fingerprint density at radius 2 is 1.79 bits per heavy atom. The molecule has 2 aromatic carbocycles.